The third-order valence-corrected chi connectivity index (χ3v) is 4.01. The van der Waals surface area contributed by atoms with Crippen LogP contribution in [0.1, 0.15) is 41.6 Å². The van der Waals surface area contributed by atoms with Crippen LogP contribution in [0.2, 0.25) is 0 Å². The summed E-state index contributed by atoms with van der Waals surface area (Å²) in [6.45, 7) is 3.20. The number of hydrogen-bond donors (Lipinski definition) is 0. The lowest BCUT2D eigenvalue weighted by Gasteiger charge is -2.16. The van der Waals surface area contributed by atoms with Crippen LogP contribution in [0.15, 0.2) is 30.3 Å². The van der Waals surface area contributed by atoms with E-state index in [1.807, 2.05) is 0 Å². The second-order valence-corrected chi connectivity index (χ2v) is 6.28. The topological polar surface area (TPSA) is 42.9 Å². The van der Waals surface area contributed by atoms with Gasteiger partial charge in [0, 0.05) is 22.3 Å². The summed E-state index contributed by atoms with van der Waals surface area (Å²) >= 11 is 0. The highest BCUT2D eigenvalue weighted by Gasteiger charge is 2.41. The number of ketones is 1. The quantitative estimate of drug-likeness (QED) is 0.324. The fraction of sp³-hybridized carbons (Fsp3) is 0.278. The molecule has 0 saturated heterocycles. The van der Waals surface area contributed by atoms with Gasteiger partial charge in [0.25, 0.3) is 5.78 Å². The van der Waals surface area contributed by atoms with E-state index < -0.39 is 40.7 Å². The number of fused-ring (bicyclic) bond motifs is 3. The Hall–Kier alpha value is -2.71. The molecule has 0 aliphatic rings. The monoisotopic (exact) mass is 386 g/mol. The van der Waals surface area contributed by atoms with Gasteiger partial charge in [0.1, 0.15) is 5.82 Å². The van der Waals surface area contributed by atoms with Crippen molar-refractivity contribution in [1.82, 2.24) is 9.97 Å². The molecule has 0 spiro atoms. The molecular weight excluding hydrogens is 374 g/mol. The van der Waals surface area contributed by atoms with Gasteiger partial charge in [-0.1, -0.05) is 38.1 Å². The normalized spacial score (nSPS) is 12.9. The Morgan fingerprint density at radius 3 is 2.04 bits per heavy atom. The SMILES string of the molecule is CC(C)c1nc(C(F)(F)F)c2cc(C(=O)C(F)(F)F)c3ccccc3c2n1. The number of Topliss-reactive ketones (excluding diaryl/α,β-unsaturated/α-hetero) is 1. The first-order valence-electron chi connectivity index (χ1n) is 7.83. The van der Waals surface area contributed by atoms with E-state index >= 15 is 0 Å². The molecule has 0 saturated carbocycles. The number of rotatable bonds is 2. The summed E-state index contributed by atoms with van der Waals surface area (Å²) in [5.41, 5.74) is -2.37. The summed E-state index contributed by atoms with van der Waals surface area (Å²) in [6, 6.07) is 6.02. The third kappa shape index (κ3) is 3.33. The van der Waals surface area contributed by atoms with Crippen LogP contribution in [0.4, 0.5) is 26.3 Å². The zero-order valence-corrected chi connectivity index (χ0v) is 14.0. The lowest BCUT2D eigenvalue weighted by Crippen LogP contribution is -2.23. The Bertz CT molecular complexity index is 1050. The van der Waals surface area contributed by atoms with Gasteiger partial charge < -0.3 is 0 Å². The van der Waals surface area contributed by atoms with Crippen LogP contribution in [0.5, 0.6) is 0 Å². The summed E-state index contributed by atoms with van der Waals surface area (Å²) in [7, 11) is 0. The van der Waals surface area contributed by atoms with Crippen molar-refractivity contribution in [3.05, 3.63) is 47.4 Å². The van der Waals surface area contributed by atoms with Gasteiger partial charge in [0.2, 0.25) is 0 Å². The van der Waals surface area contributed by atoms with E-state index in [9.17, 15) is 31.1 Å². The Kier molecular flexibility index (Phi) is 4.36. The zero-order valence-electron chi connectivity index (χ0n) is 14.0. The maximum absolute atomic E-state index is 13.5. The van der Waals surface area contributed by atoms with E-state index in [1.165, 1.54) is 24.3 Å². The molecule has 9 heteroatoms. The van der Waals surface area contributed by atoms with Gasteiger partial charge in [-0.3, -0.25) is 4.79 Å². The Morgan fingerprint density at radius 2 is 1.52 bits per heavy atom. The fourth-order valence-corrected chi connectivity index (χ4v) is 2.79. The van der Waals surface area contributed by atoms with Crippen molar-refractivity contribution < 1.29 is 31.1 Å². The predicted octanol–water partition coefficient (Wildman–Crippen LogP) is 5.67. The van der Waals surface area contributed by atoms with E-state index in [2.05, 4.69) is 9.97 Å². The molecule has 1 heterocycles. The van der Waals surface area contributed by atoms with Gasteiger partial charge in [-0.05, 0) is 11.5 Å². The second kappa shape index (κ2) is 6.17. The summed E-state index contributed by atoms with van der Waals surface area (Å²) in [6.07, 6.45) is -10.2. The average Bonchev–Trinajstić information content (AvgIpc) is 2.57. The number of carbonyl (C=O) groups excluding carboxylic acids is 1. The third-order valence-electron chi connectivity index (χ3n) is 4.01. The molecule has 0 bridgehead atoms. The minimum atomic E-state index is -5.23. The Balaban J connectivity index is 2.54. The molecule has 1 aromatic heterocycles. The summed E-state index contributed by atoms with van der Waals surface area (Å²) in [4.78, 5) is 19.5. The molecule has 0 N–H and O–H groups in total. The van der Waals surface area contributed by atoms with E-state index in [-0.39, 0.29) is 22.1 Å². The predicted molar refractivity (Wildman–Crippen MR) is 86.5 cm³/mol. The molecule has 0 aliphatic carbocycles. The van der Waals surface area contributed by atoms with Crippen molar-refractivity contribution in [2.75, 3.05) is 0 Å². The molecule has 0 atom stereocenters. The van der Waals surface area contributed by atoms with Gasteiger partial charge in [-0.15, -0.1) is 0 Å². The van der Waals surface area contributed by atoms with Crippen LogP contribution in [0.25, 0.3) is 21.7 Å². The van der Waals surface area contributed by atoms with Gasteiger partial charge in [0.15, 0.2) is 5.69 Å². The first kappa shape index (κ1) is 19.1. The van der Waals surface area contributed by atoms with Crippen molar-refractivity contribution in [3.8, 4) is 0 Å². The molecule has 0 unspecified atom stereocenters. The van der Waals surface area contributed by atoms with Crippen molar-refractivity contribution in [2.45, 2.75) is 32.1 Å². The molecule has 0 radical (unpaired) electrons. The molecule has 2 aromatic carbocycles. The maximum Gasteiger partial charge on any atom is 0.454 e. The second-order valence-electron chi connectivity index (χ2n) is 6.28. The maximum atomic E-state index is 13.5. The largest absolute Gasteiger partial charge is 0.454 e. The van der Waals surface area contributed by atoms with E-state index in [1.54, 1.807) is 13.8 Å². The first-order chi connectivity index (χ1) is 12.4. The van der Waals surface area contributed by atoms with E-state index in [4.69, 9.17) is 0 Å². The van der Waals surface area contributed by atoms with Crippen LogP contribution < -0.4 is 0 Å². The van der Waals surface area contributed by atoms with Crippen molar-refractivity contribution in [3.63, 3.8) is 0 Å². The number of nitrogens with zero attached hydrogens (tertiary/aromatic N) is 2. The lowest BCUT2D eigenvalue weighted by atomic mass is 9.96. The van der Waals surface area contributed by atoms with Crippen LogP contribution >= 0.6 is 0 Å². The van der Waals surface area contributed by atoms with Crippen LogP contribution in [-0.2, 0) is 6.18 Å². The molecule has 27 heavy (non-hydrogen) atoms. The highest BCUT2D eigenvalue weighted by Crippen LogP contribution is 2.38. The minimum Gasteiger partial charge on any atom is -0.284 e. The average molecular weight is 386 g/mol. The number of carbonyl (C=O) groups is 1. The highest BCUT2D eigenvalue weighted by molar-refractivity contribution is 6.18. The lowest BCUT2D eigenvalue weighted by molar-refractivity contribution is -0.140. The van der Waals surface area contributed by atoms with Crippen molar-refractivity contribution in [1.29, 1.82) is 0 Å². The molecule has 0 amide bonds. The highest BCUT2D eigenvalue weighted by atomic mass is 19.4. The smallest absolute Gasteiger partial charge is 0.284 e. The van der Waals surface area contributed by atoms with Crippen LogP contribution in [-0.4, -0.2) is 21.9 Å². The first-order valence-corrected chi connectivity index (χ1v) is 7.83. The van der Waals surface area contributed by atoms with Crippen LogP contribution in [0.3, 0.4) is 0 Å². The van der Waals surface area contributed by atoms with Gasteiger partial charge in [0.05, 0.1) is 5.52 Å². The molecule has 3 rings (SSSR count). The summed E-state index contributed by atoms with van der Waals surface area (Å²) in [5.74, 6) is -2.75. The van der Waals surface area contributed by atoms with Gasteiger partial charge >= 0.3 is 12.4 Å². The zero-order chi connectivity index (χ0) is 20.1. The van der Waals surface area contributed by atoms with E-state index in [0.29, 0.717) is 6.07 Å². The fourth-order valence-electron chi connectivity index (χ4n) is 2.79. The number of halogens is 6. The van der Waals surface area contributed by atoms with Crippen molar-refractivity contribution >= 4 is 27.5 Å². The number of benzene rings is 2. The summed E-state index contributed by atoms with van der Waals surface area (Å²) < 4.78 is 79.5. The molecule has 0 fully saturated rings. The molecule has 142 valence electrons. The number of alkyl halides is 6. The number of aromatic nitrogens is 2. The minimum absolute atomic E-state index is 0.0254. The Morgan fingerprint density at radius 1 is 0.926 bits per heavy atom. The van der Waals surface area contributed by atoms with Gasteiger partial charge in [-0.25, -0.2) is 9.97 Å². The number of hydrogen-bond acceptors (Lipinski definition) is 3. The standard InChI is InChI=1S/C18H12F6N2O/c1-8(2)16-25-13-10-6-4-3-5-9(10)11(15(27)18(22,23)24)7-12(13)14(26-16)17(19,20)21/h3-8H,1-2H3. The summed E-state index contributed by atoms with van der Waals surface area (Å²) in [5, 5.41) is -0.732. The van der Waals surface area contributed by atoms with Crippen LogP contribution in [0, 0.1) is 0 Å². The molecule has 3 aromatic rings. The molecule has 0 aliphatic heterocycles. The molecule has 3 nitrogen and oxygen atoms in total. The van der Waals surface area contributed by atoms with Crippen molar-refractivity contribution in [2.24, 2.45) is 0 Å². The van der Waals surface area contributed by atoms with E-state index in [0.717, 1.165) is 0 Å². The molecular formula is C18H12F6N2O. The Labute approximate surface area is 149 Å². The van der Waals surface area contributed by atoms with Gasteiger partial charge in [-0.2, -0.15) is 26.3 Å².